The molecule has 1 amide bonds. The van der Waals surface area contributed by atoms with Crippen LogP contribution in [0.4, 0.5) is 10.1 Å². The highest BCUT2D eigenvalue weighted by atomic mass is 32.2. The SMILES string of the molecule is O=C(CSc1ccc(F)cc1)Nc1ccc(C[NH+]2CCOCC2)cc1. The second-order valence-electron chi connectivity index (χ2n) is 6.03. The number of anilines is 1. The zero-order valence-electron chi connectivity index (χ0n) is 14.0. The molecule has 0 spiro atoms. The number of quaternary nitrogens is 1. The summed E-state index contributed by atoms with van der Waals surface area (Å²) in [6, 6.07) is 14.2. The molecule has 0 atom stereocenters. The largest absolute Gasteiger partial charge is 0.370 e. The van der Waals surface area contributed by atoms with Crippen molar-refractivity contribution in [1.29, 1.82) is 0 Å². The van der Waals surface area contributed by atoms with Gasteiger partial charge in [0.1, 0.15) is 25.5 Å². The lowest BCUT2D eigenvalue weighted by Gasteiger charge is -2.23. The molecule has 1 aliphatic rings. The van der Waals surface area contributed by atoms with Gasteiger partial charge in [0.2, 0.25) is 5.91 Å². The first-order chi connectivity index (χ1) is 12.2. The monoisotopic (exact) mass is 361 g/mol. The summed E-state index contributed by atoms with van der Waals surface area (Å²) < 4.78 is 18.2. The van der Waals surface area contributed by atoms with Crippen LogP contribution < -0.4 is 10.2 Å². The van der Waals surface area contributed by atoms with Gasteiger partial charge in [-0.3, -0.25) is 4.79 Å². The van der Waals surface area contributed by atoms with E-state index >= 15 is 0 Å². The number of rotatable bonds is 6. The van der Waals surface area contributed by atoms with Gasteiger partial charge in [-0.25, -0.2) is 4.39 Å². The van der Waals surface area contributed by atoms with Gasteiger partial charge in [-0.15, -0.1) is 11.8 Å². The van der Waals surface area contributed by atoms with Crippen LogP contribution in [0, 0.1) is 5.82 Å². The summed E-state index contributed by atoms with van der Waals surface area (Å²) in [6.07, 6.45) is 0. The maximum atomic E-state index is 12.9. The Morgan fingerprint density at radius 2 is 1.76 bits per heavy atom. The highest BCUT2D eigenvalue weighted by Gasteiger charge is 2.14. The van der Waals surface area contributed by atoms with E-state index in [0.717, 1.165) is 43.4 Å². The molecule has 25 heavy (non-hydrogen) atoms. The van der Waals surface area contributed by atoms with Crippen LogP contribution in [0.3, 0.4) is 0 Å². The van der Waals surface area contributed by atoms with Gasteiger partial charge in [-0.05, 0) is 36.4 Å². The van der Waals surface area contributed by atoms with Gasteiger partial charge in [0.15, 0.2) is 0 Å². The highest BCUT2D eigenvalue weighted by molar-refractivity contribution is 8.00. The Morgan fingerprint density at radius 3 is 2.44 bits per heavy atom. The maximum Gasteiger partial charge on any atom is 0.234 e. The molecule has 1 aliphatic heterocycles. The summed E-state index contributed by atoms with van der Waals surface area (Å²) in [5, 5.41) is 2.89. The molecule has 132 valence electrons. The lowest BCUT2D eigenvalue weighted by atomic mass is 10.2. The van der Waals surface area contributed by atoms with E-state index < -0.39 is 0 Å². The van der Waals surface area contributed by atoms with Crippen LogP contribution in [0.25, 0.3) is 0 Å². The number of carbonyl (C=O) groups is 1. The molecule has 4 nitrogen and oxygen atoms in total. The predicted molar refractivity (Wildman–Crippen MR) is 97.4 cm³/mol. The zero-order valence-corrected chi connectivity index (χ0v) is 14.8. The molecule has 2 N–H and O–H groups in total. The standard InChI is InChI=1S/C19H21FN2O2S/c20-16-3-7-18(8-4-16)25-14-19(23)21-17-5-1-15(2-6-17)13-22-9-11-24-12-10-22/h1-8H,9-14H2,(H,21,23)/p+1. The van der Waals surface area contributed by atoms with E-state index in [1.807, 2.05) is 12.1 Å². The van der Waals surface area contributed by atoms with Crippen molar-refractivity contribution in [2.75, 3.05) is 37.4 Å². The van der Waals surface area contributed by atoms with Gasteiger partial charge >= 0.3 is 0 Å². The van der Waals surface area contributed by atoms with Gasteiger partial charge in [0.25, 0.3) is 0 Å². The highest BCUT2D eigenvalue weighted by Crippen LogP contribution is 2.18. The van der Waals surface area contributed by atoms with E-state index in [1.54, 1.807) is 12.1 Å². The minimum Gasteiger partial charge on any atom is -0.370 e. The third-order valence-electron chi connectivity index (χ3n) is 4.08. The van der Waals surface area contributed by atoms with E-state index in [2.05, 4.69) is 17.4 Å². The average Bonchev–Trinajstić information content (AvgIpc) is 2.64. The smallest absolute Gasteiger partial charge is 0.234 e. The molecule has 2 aromatic rings. The first-order valence-corrected chi connectivity index (χ1v) is 9.36. The van der Waals surface area contributed by atoms with Crippen LogP contribution in [0.1, 0.15) is 5.56 Å². The molecule has 6 heteroatoms. The number of ether oxygens (including phenoxy) is 1. The van der Waals surface area contributed by atoms with E-state index in [4.69, 9.17) is 4.74 Å². The van der Waals surface area contributed by atoms with Crippen LogP contribution >= 0.6 is 11.8 Å². The number of carbonyl (C=O) groups excluding carboxylic acids is 1. The summed E-state index contributed by atoms with van der Waals surface area (Å²) in [6.45, 7) is 4.72. The molecule has 0 bridgehead atoms. The fourth-order valence-corrected chi connectivity index (χ4v) is 3.41. The minimum absolute atomic E-state index is 0.0686. The number of benzene rings is 2. The number of thioether (sulfide) groups is 1. The number of hydrogen-bond acceptors (Lipinski definition) is 3. The Bertz CT molecular complexity index is 686. The lowest BCUT2D eigenvalue weighted by molar-refractivity contribution is -0.921. The molecule has 1 saturated heterocycles. The molecule has 0 radical (unpaired) electrons. The molecule has 0 aromatic heterocycles. The molecule has 0 unspecified atom stereocenters. The fourth-order valence-electron chi connectivity index (χ4n) is 2.71. The summed E-state index contributed by atoms with van der Waals surface area (Å²) in [4.78, 5) is 14.4. The normalized spacial score (nSPS) is 15.1. The van der Waals surface area contributed by atoms with Gasteiger partial charge < -0.3 is 15.0 Å². The summed E-state index contributed by atoms with van der Waals surface area (Å²) >= 11 is 1.39. The topological polar surface area (TPSA) is 42.8 Å². The van der Waals surface area contributed by atoms with Gasteiger partial charge in [-0.1, -0.05) is 12.1 Å². The zero-order chi connectivity index (χ0) is 17.5. The number of morpholine rings is 1. The van der Waals surface area contributed by atoms with E-state index in [1.165, 1.54) is 34.4 Å². The molecule has 1 fully saturated rings. The van der Waals surface area contributed by atoms with E-state index in [-0.39, 0.29) is 11.7 Å². The molecular weight excluding hydrogens is 339 g/mol. The number of amides is 1. The van der Waals surface area contributed by atoms with Crippen molar-refractivity contribution in [1.82, 2.24) is 0 Å². The van der Waals surface area contributed by atoms with Crippen molar-refractivity contribution in [2.24, 2.45) is 0 Å². The number of halogens is 1. The van der Waals surface area contributed by atoms with Crippen LogP contribution in [0.5, 0.6) is 0 Å². The third-order valence-corrected chi connectivity index (χ3v) is 5.09. The minimum atomic E-state index is -0.271. The summed E-state index contributed by atoms with van der Waals surface area (Å²) in [5.41, 5.74) is 2.06. The summed E-state index contributed by atoms with van der Waals surface area (Å²) in [7, 11) is 0. The Labute approximate surface area is 151 Å². The van der Waals surface area contributed by atoms with E-state index in [0.29, 0.717) is 5.75 Å². The van der Waals surface area contributed by atoms with Gasteiger partial charge in [-0.2, -0.15) is 0 Å². The second-order valence-corrected chi connectivity index (χ2v) is 7.08. The molecule has 2 aromatic carbocycles. The van der Waals surface area contributed by atoms with Crippen molar-refractivity contribution in [2.45, 2.75) is 11.4 Å². The van der Waals surface area contributed by atoms with Crippen LogP contribution in [-0.4, -0.2) is 38.0 Å². The third kappa shape index (κ3) is 5.85. The Kier molecular flexibility index (Phi) is 6.44. The van der Waals surface area contributed by atoms with Crippen molar-refractivity contribution in [3.8, 4) is 0 Å². The molecule has 0 saturated carbocycles. The van der Waals surface area contributed by atoms with Crippen LogP contribution in [0.15, 0.2) is 53.4 Å². The quantitative estimate of drug-likeness (QED) is 0.773. The molecular formula is C19H22FN2O2S+. The Balaban J connectivity index is 1.45. The Hall–Kier alpha value is -1.89. The van der Waals surface area contributed by atoms with Crippen molar-refractivity contribution in [3.05, 3.63) is 59.9 Å². The predicted octanol–water partition coefficient (Wildman–Crippen LogP) is 1.97. The molecule has 3 rings (SSSR count). The fraction of sp³-hybridized carbons (Fsp3) is 0.316. The van der Waals surface area contributed by atoms with E-state index in [9.17, 15) is 9.18 Å². The van der Waals surface area contributed by atoms with Gasteiger partial charge in [0.05, 0.1) is 19.0 Å². The molecule has 1 heterocycles. The molecule has 0 aliphatic carbocycles. The van der Waals surface area contributed by atoms with Gasteiger partial charge in [0, 0.05) is 16.1 Å². The van der Waals surface area contributed by atoms with Crippen LogP contribution in [-0.2, 0) is 16.1 Å². The Morgan fingerprint density at radius 1 is 1.08 bits per heavy atom. The van der Waals surface area contributed by atoms with Crippen molar-refractivity contribution < 1.29 is 18.8 Å². The first-order valence-electron chi connectivity index (χ1n) is 8.37. The maximum absolute atomic E-state index is 12.9. The number of nitrogens with one attached hydrogen (secondary N) is 2. The van der Waals surface area contributed by atoms with Crippen molar-refractivity contribution in [3.63, 3.8) is 0 Å². The van der Waals surface area contributed by atoms with Crippen LogP contribution in [0.2, 0.25) is 0 Å². The lowest BCUT2D eigenvalue weighted by Crippen LogP contribution is -3.12. The second kappa shape index (κ2) is 8.99. The van der Waals surface area contributed by atoms with Crippen molar-refractivity contribution >= 4 is 23.4 Å². The number of hydrogen-bond donors (Lipinski definition) is 2. The summed E-state index contributed by atoms with van der Waals surface area (Å²) in [5.74, 6) is -0.0422. The first kappa shape index (κ1) is 17.9. The average molecular weight is 361 g/mol.